The number of hydrogen-bond acceptors (Lipinski definition) is 10. The second-order valence-corrected chi connectivity index (χ2v) is 7.72. The Morgan fingerprint density at radius 1 is 1.35 bits per heavy atom. The van der Waals surface area contributed by atoms with Gasteiger partial charge in [-0.2, -0.15) is 0 Å². The number of furan rings is 1. The fourth-order valence-corrected chi connectivity index (χ4v) is 4.29. The molecule has 0 atom stereocenters. The van der Waals surface area contributed by atoms with Gasteiger partial charge in [0.15, 0.2) is 17.2 Å². The van der Waals surface area contributed by atoms with Crippen LogP contribution in [0.25, 0.3) is 11.5 Å². The van der Waals surface area contributed by atoms with Crippen molar-refractivity contribution in [2.75, 3.05) is 19.7 Å². The summed E-state index contributed by atoms with van der Waals surface area (Å²) < 4.78 is 15.1. The molecular formula is C19H18N4O7S. The number of carbonyl (C=O) groups excluding carboxylic acids is 2. The summed E-state index contributed by atoms with van der Waals surface area (Å²) in [6.45, 7) is 2.94. The Morgan fingerprint density at radius 3 is 2.81 bits per heavy atom. The molecule has 162 valence electrons. The number of thiazole rings is 1. The van der Waals surface area contributed by atoms with Crippen LogP contribution in [0.2, 0.25) is 0 Å². The summed E-state index contributed by atoms with van der Waals surface area (Å²) in [7, 11) is 0. The first-order chi connectivity index (χ1) is 15.0. The highest BCUT2D eigenvalue weighted by atomic mass is 32.1. The van der Waals surface area contributed by atoms with Gasteiger partial charge >= 0.3 is 11.9 Å². The Labute approximate surface area is 179 Å². The van der Waals surface area contributed by atoms with E-state index < -0.39 is 16.8 Å². The molecular weight excluding hydrogens is 428 g/mol. The van der Waals surface area contributed by atoms with E-state index in [1.165, 1.54) is 29.5 Å². The van der Waals surface area contributed by atoms with E-state index in [1.807, 2.05) is 5.38 Å². The molecule has 12 heteroatoms. The molecule has 0 N–H and O–H groups in total. The predicted octanol–water partition coefficient (Wildman–Crippen LogP) is 3.50. The van der Waals surface area contributed by atoms with Gasteiger partial charge in [-0.25, -0.2) is 9.78 Å². The first-order valence-corrected chi connectivity index (χ1v) is 10.5. The highest BCUT2D eigenvalue weighted by Crippen LogP contribution is 2.33. The molecule has 1 saturated heterocycles. The maximum absolute atomic E-state index is 12.5. The van der Waals surface area contributed by atoms with Gasteiger partial charge in [0.1, 0.15) is 10.6 Å². The van der Waals surface area contributed by atoms with Crippen LogP contribution in [0.15, 0.2) is 32.5 Å². The summed E-state index contributed by atoms with van der Waals surface area (Å²) in [5, 5.41) is 17.2. The predicted molar refractivity (Wildman–Crippen MR) is 107 cm³/mol. The van der Waals surface area contributed by atoms with E-state index in [9.17, 15) is 19.7 Å². The average Bonchev–Trinajstić information content (AvgIpc) is 3.53. The van der Waals surface area contributed by atoms with Crippen LogP contribution in [-0.4, -0.2) is 51.5 Å². The van der Waals surface area contributed by atoms with Crippen LogP contribution >= 0.6 is 11.3 Å². The molecule has 1 aliphatic rings. The Balaban J connectivity index is 1.37. The number of piperidine rings is 1. The van der Waals surface area contributed by atoms with Gasteiger partial charge in [-0.3, -0.25) is 14.9 Å². The largest absolute Gasteiger partial charge is 0.461 e. The topological polar surface area (TPSA) is 142 Å². The summed E-state index contributed by atoms with van der Waals surface area (Å²) in [6.07, 6.45) is 1.40. The van der Waals surface area contributed by atoms with Gasteiger partial charge in [-0.1, -0.05) is 5.16 Å². The maximum Gasteiger partial charge on any atom is 0.433 e. The lowest BCUT2D eigenvalue weighted by atomic mass is 9.97. The van der Waals surface area contributed by atoms with E-state index >= 15 is 0 Å². The Morgan fingerprint density at radius 2 is 2.13 bits per heavy atom. The van der Waals surface area contributed by atoms with Crippen molar-refractivity contribution in [3.8, 4) is 11.5 Å². The number of hydrogen-bond donors (Lipinski definition) is 0. The van der Waals surface area contributed by atoms with Crippen molar-refractivity contribution < 1.29 is 28.2 Å². The quantitative estimate of drug-likeness (QED) is 0.316. The molecule has 3 aromatic rings. The third kappa shape index (κ3) is 4.33. The Hall–Kier alpha value is -3.54. The minimum atomic E-state index is -0.673. The van der Waals surface area contributed by atoms with Crippen LogP contribution in [0, 0.1) is 10.1 Å². The number of likely N-dealkylation sites (tertiary alicyclic amines) is 1. The van der Waals surface area contributed by atoms with Crippen molar-refractivity contribution >= 4 is 29.1 Å². The third-order valence-electron chi connectivity index (χ3n) is 4.88. The Kier molecular flexibility index (Phi) is 5.80. The van der Waals surface area contributed by atoms with Gasteiger partial charge in [-0.15, -0.1) is 11.3 Å². The molecule has 4 rings (SSSR count). The second-order valence-electron chi connectivity index (χ2n) is 6.83. The zero-order chi connectivity index (χ0) is 22.0. The number of rotatable bonds is 6. The summed E-state index contributed by atoms with van der Waals surface area (Å²) in [6, 6.07) is 4.00. The molecule has 3 aromatic heterocycles. The lowest BCUT2D eigenvalue weighted by Crippen LogP contribution is -2.37. The molecule has 0 aromatic carbocycles. The van der Waals surface area contributed by atoms with E-state index in [1.54, 1.807) is 11.8 Å². The van der Waals surface area contributed by atoms with E-state index in [-0.39, 0.29) is 29.9 Å². The molecule has 0 aliphatic carbocycles. The molecule has 11 nitrogen and oxygen atoms in total. The first kappa shape index (κ1) is 20.7. The van der Waals surface area contributed by atoms with Crippen molar-refractivity contribution in [3.05, 3.63) is 50.2 Å². The summed E-state index contributed by atoms with van der Waals surface area (Å²) in [5.74, 6) is -0.846. The van der Waals surface area contributed by atoms with Crippen LogP contribution < -0.4 is 0 Å². The number of nitro groups is 1. The van der Waals surface area contributed by atoms with Crippen molar-refractivity contribution in [2.24, 2.45) is 0 Å². The molecule has 0 bridgehead atoms. The van der Waals surface area contributed by atoms with Gasteiger partial charge in [0.05, 0.1) is 17.7 Å². The van der Waals surface area contributed by atoms with Gasteiger partial charge in [0, 0.05) is 30.5 Å². The molecule has 0 unspecified atom stereocenters. The van der Waals surface area contributed by atoms with Crippen LogP contribution in [0.3, 0.4) is 0 Å². The van der Waals surface area contributed by atoms with Crippen LogP contribution in [0.1, 0.15) is 51.7 Å². The molecule has 1 amide bonds. The normalized spacial score (nSPS) is 14.5. The maximum atomic E-state index is 12.5. The summed E-state index contributed by atoms with van der Waals surface area (Å²) in [5.41, 5.74) is 0.681. The number of carbonyl (C=O) groups is 2. The number of aromatic nitrogens is 2. The van der Waals surface area contributed by atoms with E-state index in [0.29, 0.717) is 37.4 Å². The molecule has 0 saturated carbocycles. The molecule has 1 fully saturated rings. The standard InChI is InChI=1S/C19H18N4O7S/c1-2-28-19(25)12-9-15(30-21-12)13-10-31-17(20-13)11-5-7-22(8-6-11)18(24)14-3-4-16(29-14)23(26)27/h3-4,9-11H,2,5-8H2,1H3. The van der Waals surface area contributed by atoms with Crippen LogP contribution in [0.5, 0.6) is 0 Å². The zero-order valence-electron chi connectivity index (χ0n) is 16.5. The van der Waals surface area contributed by atoms with Crippen molar-refractivity contribution in [2.45, 2.75) is 25.7 Å². The molecule has 0 radical (unpaired) electrons. The molecule has 4 heterocycles. The molecule has 31 heavy (non-hydrogen) atoms. The lowest BCUT2D eigenvalue weighted by molar-refractivity contribution is -0.402. The van der Waals surface area contributed by atoms with Gasteiger partial charge in [-0.05, 0) is 25.8 Å². The second kappa shape index (κ2) is 8.68. The van der Waals surface area contributed by atoms with Gasteiger partial charge in [0.25, 0.3) is 5.91 Å². The lowest BCUT2D eigenvalue weighted by Gasteiger charge is -2.30. The van der Waals surface area contributed by atoms with Gasteiger partial charge in [0.2, 0.25) is 0 Å². The minimum Gasteiger partial charge on any atom is -0.461 e. The number of esters is 1. The highest BCUT2D eigenvalue weighted by molar-refractivity contribution is 7.10. The molecule has 1 aliphatic heterocycles. The number of amides is 1. The third-order valence-corrected chi connectivity index (χ3v) is 5.89. The van der Waals surface area contributed by atoms with Crippen molar-refractivity contribution in [1.82, 2.24) is 15.0 Å². The number of ether oxygens (including phenoxy) is 1. The van der Waals surface area contributed by atoms with Crippen molar-refractivity contribution in [1.29, 1.82) is 0 Å². The minimum absolute atomic E-state index is 0.0376. The SMILES string of the molecule is CCOC(=O)c1cc(-c2csc(C3CCN(C(=O)c4ccc([N+](=O)[O-])o4)CC3)n2)on1. The summed E-state index contributed by atoms with van der Waals surface area (Å²) in [4.78, 5) is 40.5. The first-order valence-electron chi connectivity index (χ1n) is 9.59. The van der Waals surface area contributed by atoms with E-state index in [2.05, 4.69) is 10.1 Å². The Bertz CT molecular complexity index is 1110. The van der Waals surface area contributed by atoms with Crippen LogP contribution in [-0.2, 0) is 4.74 Å². The highest BCUT2D eigenvalue weighted by Gasteiger charge is 2.29. The van der Waals surface area contributed by atoms with Crippen molar-refractivity contribution in [3.63, 3.8) is 0 Å². The van der Waals surface area contributed by atoms with E-state index in [4.69, 9.17) is 13.7 Å². The smallest absolute Gasteiger partial charge is 0.433 e. The zero-order valence-corrected chi connectivity index (χ0v) is 17.3. The average molecular weight is 446 g/mol. The fraction of sp³-hybridized carbons (Fsp3) is 0.368. The van der Waals surface area contributed by atoms with E-state index in [0.717, 1.165) is 5.01 Å². The number of nitrogens with zero attached hydrogens (tertiary/aromatic N) is 4. The van der Waals surface area contributed by atoms with Gasteiger partial charge < -0.3 is 18.6 Å². The molecule has 0 spiro atoms. The van der Waals surface area contributed by atoms with Crippen LogP contribution in [0.4, 0.5) is 5.88 Å². The fourth-order valence-electron chi connectivity index (χ4n) is 3.31. The monoisotopic (exact) mass is 446 g/mol. The summed E-state index contributed by atoms with van der Waals surface area (Å²) >= 11 is 1.48.